The molecule has 0 fully saturated rings. The predicted octanol–water partition coefficient (Wildman–Crippen LogP) is 4.87. The summed E-state index contributed by atoms with van der Waals surface area (Å²) in [6.07, 6.45) is -4.29. The van der Waals surface area contributed by atoms with E-state index < -0.39 is 11.7 Å². The third-order valence-corrected chi connectivity index (χ3v) is 3.46. The van der Waals surface area contributed by atoms with Crippen molar-refractivity contribution in [2.24, 2.45) is 0 Å². The third kappa shape index (κ3) is 3.67. The maximum absolute atomic E-state index is 12.4. The summed E-state index contributed by atoms with van der Waals surface area (Å²) in [6, 6.07) is 12.5. The molecule has 2 aromatic carbocycles. The van der Waals surface area contributed by atoms with Gasteiger partial charge in [-0.3, -0.25) is 0 Å². The van der Waals surface area contributed by atoms with E-state index >= 15 is 0 Å². The van der Waals surface area contributed by atoms with Crippen molar-refractivity contribution in [3.05, 3.63) is 54.1 Å². The zero-order chi connectivity index (χ0) is 13.9. The van der Waals surface area contributed by atoms with Crippen molar-refractivity contribution in [3.63, 3.8) is 0 Å². The molecule has 0 saturated heterocycles. The van der Waals surface area contributed by atoms with Crippen LogP contribution in [0.3, 0.4) is 0 Å². The van der Waals surface area contributed by atoms with Crippen molar-refractivity contribution in [2.45, 2.75) is 16.0 Å². The Bertz CT molecular complexity index is 549. The predicted molar refractivity (Wildman–Crippen MR) is 68.6 cm³/mol. The Labute approximate surface area is 113 Å². The van der Waals surface area contributed by atoms with Crippen molar-refractivity contribution in [1.29, 1.82) is 0 Å². The van der Waals surface area contributed by atoms with Gasteiger partial charge in [-0.1, -0.05) is 17.8 Å². The first-order valence-electron chi connectivity index (χ1n) is 5.48. The summed E-state index contributed by atoms with van der Waals surface area (Å²) < 4.78 is 42.4. The van der Waals surface area contributed by atoms with Gasteiger partial charge < -0.3 is 4.74 Å². The molecule has 19 heavy (non-hydrogen) atoms. The molecule has 0 aliphatic rings. The minimum absolute atomic E-state index is 0.637. The van der Waals surface area contributed by atoms with E-state index in [0.29, 0.717) is 0 Å². The average Bonchev–Trinajstić information content (AvgIpc) is 2.38. The summed E-state index contributed by atoms with van der Waals surface area (Å²) in [7, 11) is 1.57. The summed E-state index contributed by atoms with van der Waals surface area (Å²) in [5, 5.41) is 0. The zero-order valence-electron chi connectivity index (χ0n) is 10.1. The van der Waals surface area contributed by atoms with Crippen LogP contribution in [-0.2, 0) is 6.18 Å². The highest BCUT2D eigenvalue weighted by Crippen LogP contribution is 2.33. The van der Waals surface area contributed by atoms with Crippen LogP contribution in [-0.4, -0.2) is 7.11 Å². The highest BCUT2D eigenvalue weighted by Gasteiger charge is 2.29. The van der Waals surface area contributed by atoms with Gasteiger partial charge in [0.1, 0.15) is 5.75 Å². The summed E-state index contributed by atoms with van der Waals surface area (Å²) in [4.78, 5) is 1.67. The zero-order valence-corrected chi connectivity index (χ0v) is 10.9. The van der Waals surface area contributed by atoms with Crippen LogP contribution in [0.1, 0.15) is 5.56 Å². The molecular weight excluding hydrogens is 273 g/mol. The largest absolute Gasteiger partial charge is 0.497 e. The van der Waals surface area contributed by atoms with Gasteiger partial charge in [-0.05, 0) is 42.5 Å². The molecule has 1 nitrogen and oxygen atoms in total. The van der Waals surface area contributed by atoms with Crippen molar-refractivity contribution in [3.8, 4) is 5.75 Å². The van der Waals surface area contributed by atoms with Gasteiger partial charge in [0.15, 0.2) is 0 Å². The molecule has 5 heteroatoms. The number of ether oxygens (including phenoxy) is 1. The van der Waals surface area contributed by atoms with Crippen molar-refractivity contribution >= 4 is 11.8 Å². The first kappa shape index (κ1) is 13.8. The van der Waals surface area contributed by atoms with E-state index in [2.05, 4.69) is 0 Å². The molecule has 0 aliphatic heterocycles. The monoisotopic (exact) mass is 284 g/mol. The second-order valence-electron chi connectivity index (χ2n) is 3.80. The van der Waals surface area contributed by atoms with E-state index in [9.17, 15) is 13.2 Å². The highest BCUT2D eigenvalue weighted by molar-refractivity contribution is 7.99. The number of alkyl halides is 3. The van der Waals surface area contributed by atoms with Gasteiger partial charge in [0.2, 0.25) is 0 Å². The maximum Gasteiger partial charge on any atom is 0.416 e. The summed E-state index contributed by atoms with van der Waals surface area (Å²) >= 11 is 1.39. The summed E-state index contributed by atoms with van der Waals surface area (Å²) in [5.74, 6) is 0.719. The molecule has 0 amide bonds. The molecule has 0 saturated carbocycles. The number of hydrogen-bond donors (Lipinski definition) is 0. The van der Waals surface area contributed by atoms with Gasteiger partial charge in [-0.15, -0.1) is 0 Å². The molecule has 0 bridgehead atoms. The second kappa shape index (κ2) is 5.57. The Morgan fingerprint density at radius 1 is 0.947 bits per heavy atom. The van der Waals surface area contributed by atoms with E-state index in [1.54, 1.807) is 7.11 Å². The first-order valence-corrected chi connectivity index (χ1v) is 6.30. The lowest BCUT2D eigenvalue weighted by Crippen LogP contribution is -2.03. The standard InChI is InChI=1S/C14H11F3OS/c1-18-11-3-2-4-13(9-11)19-12-7-5-10(6-8-12)14(15,16)17/h2-9H,1H3. The molecule has 0 radical (unpaired) electrons. The van der Waals surface area contributed by atoms with E-state index in [1.807, 2.05) is 24.3 Å². The molecule has 0 aromatic heterocycles. The van der Waals surface area contributed by atoms with Crippen LogP contribution in [0, 0.1) is 0 Å². The Morgan fingerprint density at radius 2 is 1.63 bits per heavy atom. The van der Waals surface area contributed by atoms with Crippen LogP contribution in [0.5, 0.6) is 5.75 Å². The van der Waals surface area contributed by atoms with Crippen LogP contribution in [0.4, 0.5) is 13.2 Å². The fourth-order valence-corrected chi connectivity index (χ4v) is 2.38. The lowest BCUT2D eigenvalue weighted by Gasteiger charge is -2.08. The lowest BCUT2D eigenvalue weighted by molar-refractivity contribution is -0.137. The molecule has 2 rings (SSSR count). The van der Waals surface area contributed by atoms with Gasteiger partial charge in [-0.2, -0.15) is 13.2 Å². The van der Waals surface area contributed by atoms with Crippen LogP contribution in [0.2, 0.25) is 0 Å². The Morgan fingerprint density at radius 3 is 2.21 bits per heavy atom. The number of methoxy groups -OCH3 is 1. The number of rotatable bonds is 3. The molecule has 0 N–H and O–H groups in total. The first-order chi connectivity index (χ1) is 8.99. The summed E-state index contributed by atoms with van der Waals surface area (Å²) in [6.45, 7) is 0. The minimum Gasteiger partial charge on any atom is -0.497 e. The number of halogens is 3. The second-order valence-corrected chi connectivity index (χ2v) is 4.95. The third-order valence-electron chi connectivity index (χ3n) is 2.46. The lowest BCUT2D eigenvalue weighted by atomic mass is 10.2. The Hall–Kier alpha value is -1.62. The number of benzene rings is 2. The van der Waals surface area contributed by atoms with Gasteiger partial charge in [0.05, 0.1) is 12.7 Å². The van der Waals surface area contributed by atoms with Crippen molar-refractivity contribution in [1.82, 2.24) is 0 Å². The molecular formula is C14H11F3OS. The molecule has 0 spiro atoms. The van der Waals surface area contributed by atoms with E-state index in [-0.39, 0.29) is 0 Å². The van der Waals surface area contributed by atoms with Gasteiger partial charge >= 0.3 is 6.18 Å². The number of hydrogen-bond acceptors (Lipinski definition) is 2. The summed E-state index contributed by atoms with van der Waals surface area (Å²) in [5.41, 5.74) is -0.637. The van der Waals surface area contributed by atoms with Gasteiger partial charge in [0.25, 0.3) is 0 Å². The Balaban J connectivity index is 2.15. The quantitative estimate of drug-likeness (QED) is 0.795. The highest BCUT2D eigenvalue weighted by atomic mass is 32.2. The topological polar surface area (TPSA) is 9.23 Å². The molecule has 0 heterocycles. The molecule has 0 unspecified atom stereocenters. The molecule has 2 aromatic rings. The average molecular weight is 284 g/mol. The van der Waals surface area contributed by atoms with Gasteiger partial charge in [0, 0.05) is 9.79 Å². The minimum atomic E-state index is -4.29. The normalized spacial score (nSPS) is 11.4. The fourth-order valence-electron chi connectivity index (χ4n) is 1.51. The van der Waals surface area contributed by atoms with E-state index in [4.69, 9.17) is 4.74 Å². The van der Waals surface area contributed by atoms with Crippen molar-refractivity contribution < 1.29 is 17.9 Å². The fraction of sp³-hybridized carbons (Fsp3) is 0.143. The SMILES string of the molecule is COc1cccc(Sc2ccc(C(F)(F)F)cc2)c1. The van der Waals surface area contributed by atoms with E-state index in [1.165, 1.54) is 23.9 Å². The van der Waals surface area contributed by atoms with E-state index in [0.717, 1.165) is 27.7 Å². The van der Waals surface area contributed by atoms with Crippen molar-refractivity contribution in [2.75, 3.05) is 7.11 Å². The van der Waals surface area contributed by atoms with Crippen LogP contribution >= 0.6 is 11.8 Å². The Kier molecular flexibility index (Phi) is 4.04. The smallest absolute Gasteiger partial charge is 0.416 e. The molecule has 100 valence electrons. The van der Waals surface area contributed by atoms with Gasteiger partial charge in [-0.25, -0.2) is 0 Å². The maximum atomic E-state index is 12.4. The molecule has 0 aliphatic carbocycles. The van der Waals surface area contributed by atoms with Crippen LogP contribution in [0.15, 0.2) is 58.3 Å². The molecule has 0 atom stereocenters. The van der Waals surface area contributed by atoms with Crippen LogP contribution in [0.25, 0.3) is 0 Å². The van der Waals surface area contributed by atoms with Crippen LogP contribution < -0.4 is 4.74 Å².